The fraction of sp³-hybridized carbons (Fsp3) is 0.909. The summed E-state index contributed by atoms with van der Waals surface area (Å²) in [4.78, 5) is 11.3. The predicted octanol–water partition coefficient (Wildman–Crippen LogP) is 2.13. The van der Waals surface area contributed by atoms with Crippen LogP contribution < -0.4 is 0 Å². The minimum atomic E-state index is 0.0104. The van der Waals surface area contributed by atoms with Crippen LogP contribution in [0, 0.1) is 17.8 Å². The van der Waals surface area contributed by atoms with Gasteiger partial charge < -0.3 is 4.74 Å². The van der Waals surface area contributed by atoms with E-state index in [0.717, 1.165) is 12.3 Å². The van der Waals surface area contributed by atoms with Crippen molar-refractivity contribution in [2.24, 2.45) is 17.8 Å². The second-order valence-corrected chi connectivity index (χ2v) is 5.15. The summed E-state index contributed by atoms with van der Waals surface area (Å²) in [6.45, 7) is 2.29. The molecule has 2 heteroatoms. The molecule has 0 aromatic heterocycles. The first-order valence-corrected chi connectivity index (χ1v) is 5.42. The molecule has 2 saturated carbocycles. The van der Waals surface area contributed by atoms with E-state index in [1.54, 1.807) is 0 Å². The van der Waals surface area contributed by atoms with Crippen molar-refractivity contribution < 1.29 is 9.53 Å². The van der Waals surface area contributed by atoms with E-state index in [2.05, 4.69) is 6.92 Å². The average molecular weight is 180 g/mol. The van der Waals surface area contributed by atoms with Crippen molar-refractivity contribution in [2.45, 2.75) is 44.6 Å². The van der Waals surface area contributed by atoms with Gasteiger partial charge in [-0.1, -0.05) is 6.92 Å². The second kappa shape index (κ2) is 2.28. The van der Waals surface area contributed by atoms with Crippen LogP contribution in [0.5, 0.6) is 0 Å². The third-order valence-electron chi connectivity index (χ3n) is 4.32. The molecule has 13 heavy (non-hydrogen) atoms. The third-order valence-corrected chi connectivity index (χ3v) is 4.32. The maximum Gasteiger partial charge on any atom is 0.306 e. The van der Waals surface area contributed by atoms with Gasteiger partial charge in [0.15, 0.2) is 0 Å². The molecule has 3 aliphatic rings. The first-order chi connectivity index (χ1) is 6.21. The molecule has 72 valence electrons. The smallest absolute Gasteiger partial charge is 0.306 e. The summed E-state index contributed by atoms with van der Waals surface area (Å²) >= 11 is 0. The zero-order valence-electron chi connectivity index (χ0n) is 8.08. The molecule has 2 aliphatic carbocycles. The first-order valence-electron chi connectivity index (χ1n) is 5.42. The van der Waals surface area contributed by atoms with Gasteiger partial charge in [-0.25, -0.2) is 0 Å². The largest absolute Gasteiger partial charge is 0.458 e. The molecule has 1 saturated heterocycles. The van der Waals surface area contributed by atoms with Crippen molar-refractivity contribution in [3.05, 3.63) is 0 Å². The molecule has 4 atom stereocenters. The Balaban J connectivity index is 1.96. The van der Waals surface area contributed by atoms with E-state index in [1.807, 2.05) is 0 Å². The van der Waals surface area contributed by atoms with E-state index >= 15 is 0 Å². The van der Waals surface area contributed by atoms with Crippen LogP contribution in [0.4, 0.5) is 0 Å². The van der Waals surface area contributed by atoms with Crippen molar-refractivity contribution in [1.82, 2.24) is 0 Å². The summed E-state index contributed by atoms with van der Waals surface area (Å²) in [5.41, 5.74) is 0.0104. The van der Waals surface area contributed by atoms with Crippen molar-refractivity contribution in [1.29, 1.82) is 0 Å². The van der Waals surface area contributed by atoms with Crippen molar-refractivity contribution in [2.75, 3.05) is 0 Å². The Bertz CT molecular complexity index is 261. The molecule has 2 nitrogen and oxygen atoms in total. The fourth-order valence-electron chi connectivity index (χ4n) is 3.93. The van der Waals surface area contributed by atoms with Crippen molar-refractivity contribution in [3.63, 3.8) is 0 Å². The SMILES string of the molecule is CC1C[C@@H]2CC[C@H]3CC(=O)O[C@]32C1. The number of ether oxygens (including phenoxy) is 1. The Morgan fingerprint density at radius 3 is 3.00 bits per heavy atom. The number of esters is 1. The Morgan fingerprint density at radius 1 is 1.38 bits per heavy atom. The number of carbonyl (C=O) groups excluding carboxylic acids is 1. The van der Waals surface area contributed by atoms with Gasteiger partial charge in [-0.2, -0.15) is 0 Å². The molecule has 1 spiro atoms. The molecule has 1 unspecified atom stereocenters. The summed E-state index contributed by atoms with van der Waals surface area (Å²) in [6, 6.07) is 0. The Labute approximate surface area is 78.6 Å². The lowest BCUT2D eigenvalue weighted by atomic mass is 9.86. The maximum atomic E-state index is 11.3. The van der Waals surface area contributed by atoms with E-state index in [0.29, 0.717) is 18.3 Å². The second-order valence-electron chi connectivity index (χ2n) is 5.15. The van der Waals surface area contributed by atoms with Gasteiger partial charge >= 0.3 is 5.97 Å². The standard InChI is InChI=1S/C11H16O2/c1-7-4-8-2-3-9-5-10(12)13-11(8,9)6-7/h7-9H,2-6H2,1H3/t7?,8-,9-,11-/m0/s1. The van der Waals surface area contributed by atoms with Gasteiger partial charge in [0.1, 0.15) is 5.60 Å². The summed E-state index contributed by atoms with van der Waals surface area (Å²) in [5.74, 6) is 2.08. The lowest BCUT2D eigenvalue weighted by molar-refractivity contribution is -0.151. The molecular weight excluding hydrogens is 164 g/mol. The van der Waals surface area contributed by atoms with Gasteiger partial charge in [0.05, 0.1) is 6.42 Å². The highest BCUT2D eigenvalue weighted by atomic mass is 16.6. The topological polar surface area (TPSA) is 26.3 Å². The van der Waals surface area contributed by atoms with Crippen LogP contribution in [0.1, 0.15) is 39.0 Å². The minimum absolute atomic E-state index is 0.0104. The molecular formula is C11H16O2. The summed E-state index contributed by atoms with van der Waals surface area (Å²) in [7, 11) is 0. The predicted molar refractivity (Wildman–Crippen MR) is 48.1 cm³/mol. The van der Waals surface area contributed by atoms with Crippen LogP contribution >= 0.6 is 0 Å². The maximum absolute atomic E-state index is 11.3. The molecule has 1 heterocycles. The molecule has 0 amide bonds. The Hall–Kier alpha value is -0.530. The van der Waals surface area contributed by atoms with Gasteiger partial charge in [-0.3, -0.25) is 4.79 Å². The highest BCUT2D eigenvalue weighted by molar-refractivity contribution is 5.73. The number of rotatable bonds is 0. The van der Waals surface area contributed by atoms with Gasteiger partial charge in [-0.05, 0) is 37.5 Å². The third kappa shape index (κ3) is 0.866. The summed E-state index contributed by atoms with van der Waals surface area (Å²) in [6.07, 6.45) is 5.63. The molecule has 0 aromatic rings. The minimum Gasteiger partial charge on any atom is -0.458 e. The molecule has 0 aromatic carbocycles. The fourth-order valence-corrected chi connectivity index (χ4v) is 3.93. The van der Waals surface area contributed by atoms with Crippen LogP contribution in [-0.2, 0) is 9.53 Å². The van der Waals surface area contributed by atoms with E-state index in [1.165, 1.54) is 19.3 Å². The lowest BCUT2D eigenvalue weighted by Crippen LogP contribution is -2.33. The average Bonchev–Trinajstić information content (AvgIpc) is 2.56. The van der Waals surface area contributed by atoms with Gasteiger partial charge in [0, 0.05) is 5.92 Å². The number of carbonyl (C=O) groups is 1. The van der Waals surface area contributed by atoms with Crippen LogP contribution in [0.3, 0.4) is 0 Å². The van der Waals surface area contributed by atoms with E-state index < -0.39 is 0 Å². The highest BCUT2D eigenvalue weighted by Gasteiger charge is 2.61. The van der Waals surface area contributed by atoms with Gasteiger partial charge in [-0.15, -0.1) is 0 Å². The first kappa shape index (κ1) is 7.84. The van der Waals surface area contributed by atoms with Crippen molar-refractivity contribution in [3.8, 4) is 0 Å². The number of hydrogen-bond acceptors (Lipinski definition) is 2. The van der Waals surface area contributed by atoms with E-state index in [-0.39, 0.29) is 11.6 Å². The Kier molecular flexibility index (Phi) is 1.38. The van der Waals surface area contributed by atoms with Crippen LogP contribution in [-0.4, -0.2) is 11.6 Å². The summed E-state index contributed by atoms with van der Waals surface area (Å²) < 4.78 is 5.63. The molecule has 3 fully saturated rings. The molecule has 0 radical (unpaired) electrons. The zero-order valence-corrected chi connectivity index (χ0v) is 8.08. The summed E-state index contributed by atoms with van der Waals surface area (Å²) in [5, 5.41) is 0. The van der Waals surface area contributed by atoms with E-state index in [9.17, 15) is 4.79 Å². The van der Waals surface area contributed by atoms with Gasteiger partial charge in [0.2, 0.25) is 0 Å². The zero-order chi connectivity index (χ0) is 9.05. The van der Waals surface area contributed by atoms with Crippen LogP contribution in [0.25, 0.3) is 0 Å². The molecule has 0 N–H and O–H groups in total. The lowest BCUT2D eigenvalue weighted by Gasteiger charge is -2.27. The normalized spacial score (nSPS) is 53.3. The molecule has 3 rings (SSSR count). The van der Waals surface area contributed by atoms with Crippen LogP contribution in [0.2, 0.25) is 0 Å². The van der Waals surface area contributed by atoms with Crippen LogP contribution in [0.15, 0.2) is 0 Å². The highest BCUT2D eigenvalue weighted by Crippen LogP contribution is 2.58. The van der Waals surface area contributed by atoms with E-state index in [4.69, 9.17) is 4.74 Å². The quantitative estimate of drug-likeness (QED) is 0.534. The monoisotopic (exact) mass is 180 g/mol. The van der Waals surface area contributed by atoms with Crippen molar-refractivity contribution >= 4 is 5.97 Å². The molecule has 0 bridgehead atoms. The molecule has 1 aliphatic heterocycles. The Morgan fingerprint density at radius 2 is 2.15 bits per heavy atom. The van der Waals surface area contributed by atoms with Gasteiger partial charge in [0.25, 0.3) is 0 Å². The number of hydrogen-bond donors (Lipinski definition) is 0.